The maximum atomic E-state index is 10.7. The van der Waals surface area contributed by atoms with Crippen molar-refractivity contribution >= 4 is 11.9 Å². The van der Waals surface area contributed by atoms with Gasteiger partial charge in [0.1, 0.15) is 0 Å². The van der Waals surface area contributed by atoms with E-state index < -0.39 is 17.4 Å². The summed E-state index contributed by atoms with van der Waals surface area (Å²) < 4.78 is 0. The molecular weight excluding hydrogens is 160 g/mol. The Morgan fingerprint density at radius 1 is 1.17 bits per heavy atom. The van der Waals surface area contributed by atoms with Gasteiger partial charge in [0.2, 0.25) is 0 Å². The molecule has 4 nitrogen and oxygen atoms in total. The summed E-state index contributed by atoms with van der Waals surface area (Å²) in [5.74, 6) is 2.62. The van der Waals surface area contributed by atoms with Gasteiger partial charge in [-0.05, 0) is 6.42 Å². The first-order valence-corrected chi connectivity index (χ1v) is 3.52. The van der Waals surface area contributed by atoms with Crippen LogP contribution in [0.2, 0.25) is 0 Å². The fourth-order valence-corrected chi connectivity index (χ4v) is 1.12. The summed E-state index contributed by atoms with van der Waals surface area (Å²) in [4.78, 5) is 21.3. The zero-order valence-corrected chi connectivity index (χ0v) is 6.33. The Kier molecular flexibility index (Phi) is 2.05. The molecule has 1 aliphatic carbocycles. The quantitative estimate of drug-likeness (QED) is 0.460. The van der Waals surface area contributed by atoms with Crippen molar-refractivity contribution in [3.05, 3.63) is 0 Å². The maximum Gasteiger partial charge on any atom is 0.322 e. The zero-order chi connectivity index (χ0) is 9.19. The van der Waals surface area contributed by atoms with Gasteiger partial charge >= 0.3 is 11.9 Å². The first-order valence-electron chi connectivity index (χ1n) is 3.52. The van der Waals surface area contributed by atoms with Crippen LogP contribution in [0.25, 0.3) is 0 Å². The van der Waals surface area contributed by atoms with Crippen molar-refractivity contribution in [1.82, 2.24) is 0 Å². The Bertz CT molecular complexity index is 267. The molecule has 12 heavy (non-hydrogen) atoms. The van der Waals surface area contributed by atoms with Gasteiger partial charge in [-0.1, -0.05) is 0 Å². The minimum Gasteiger partial charge on any atom is -0.480 e. The fraction of sp³-hybridized carbons (Fsp3) is 0.500. The monoisotopic (exact) mass is 168 g/mol. The zero-order valence-electron chi connectivity index (χ0n) is 6.33. The lowest BCUT2D eigenvalue weighted by Crippen LogP contribution is -2.39. The molecule has 4 heteroatoms. The Morgan fingerprint density at radius 2 is 1.75 bits per heavy atom. The van der Waals surface area contributed by atoms with Crippen LogP contribution >= 0.6 is 0 Å². The number of carboxylic acids is 2. The van der Waals surface area contributed by atoms with E-state index in [1.807, 2.05) is 0 Å². The number of hydrogen-bond donors (Lipinski definition) is 2. The van der Waals surface area contributed by atoms with E-state index in [4.69, 9.17) is 10.2 Å². The lowest BCUT2D eigenvalue weighted by molar-refractivity contribution is -0.164. The summed E-state index contributed by atoms with van der Waals surface area (Å²) in [5, 5.41) is 17.4. The summed E-state index contributed by atoms with van der Waals surface area (Å²) in [7, 11) is 0. The number of hydrogen-bond acceptors (Lipinski definition) is 2. The van der Waals surface area contributed by atoms with Crippen LogP contribution in [0.5, 0.6) is 0 Å². The van der Waals surface area contributed by atoms with Crippen molar-refractivity contribution < 1.29 is 19.8 Å². The predicted molar refractivity (Wildman–Crippen MR) is 39.3 cm³/mol. The van der Waals surface area contributed by atoms with E-state index in [2.05, 4.69) is 11.8 Å². The number of carbonyl (C=O) groups is 2. The minimum absolute atomic E-state index is 0.0856. The average molecular weight is 168 g/mol. The Morgan fingerprint density at radius 3 is 2.00 bits per heavy atom. The number of carboxylic acid groups (broad SMARTS) is 2. The SMILES string of the molecule is O=C(O)C1(C(=O)O)CC#CCC1. The van der Waals surface area contributed by atoms with Crippen LogP contribution in [-0.4, -0.2) is 22.2 Å². The normalized spacial score (nSPS) is 19.0. The highest BCUT2D eigenvalue weighted by Crippen LogP contribution is 2.30. The molecule has 0 bridgehead atoms. The molecule has 0 unspecified atom stereocenters. The second kappa shape index (κ2) is 2.86. The van der Waals surface area contributed by atoms with Crippen molar-refractivity contribution in [1.29, 1.82) is 0 Å². The molecule has 0 aromatic rings. The third-order valence-electron chi connectivity index (χ3n) is 2.01. The van der Waals surface area contributed by atoms with Gasteiger partial charge in [-0.2, -0.15) is 0 Å². The Balaban J connectivity index is 2.98. The molecule has 0 saturated heterocycles. The lowest BCUT2D eigenvalue weighted by atomic mass is 9.78. The summed E-state index contributed by atoms with van der Waals surface area (Å²) in [6.07, 6.45) is 0.362. The van der Waals surface area contributed by atoms with Gasteiger partial charge in [0.05, 0.1) is 0 Å². The van der Waals surface area contributed by atoms with E-state index in [9.17, 15) is 9.59 Å². The van der Waals surface area contributed by atoms with E-state index in [-0.39, 0.29) is 12.8 Å². The summed E-state index contributed by atoms with van der Waals surface area (Å²) >= 11 is 0. The first kappa shape index (κ1) is 8.60. The minimum atomic E-state index is -1.66. The van der Waals surface area contributed by atoms with E-state index in [1.54, 1.807) is 0 Å². The van der Waals surface area contributed by atoms with Crippen molar-refractivity contribution in [3.63, 3.8) is 0 Å². The van der Waals surface area contributed by atoms with E-state index >= 15 is 0 Å². The molecule has 0 heterocycles. The van der Waals surface area contributed by atoms with Crippen molar-refractivity contribution in [3.8, 4) is 11.8 Å². The Hall–Kier alpha value is -1.50. The van der Waals surface area contributed by atoms with Gasteiger partial charge in [-0.15, -0.1) is 11.8 Å². The van der Waals surface area contributed by atoms with Gasteiger partial charge in [0.25, 0.3) is 0 Å². The van der Waals surface area contributed by atoms with Gasteiger partial charge in [-0.25, -0.2) is 0 Å². The van der Waals surface area contributed by atoms with Crippen LogP contribution in [0, 0.1) is 17.3 Å². The highest BCUT2D eigenvalue weighted by atomic mass is 16.4. The molecule has 0 fully saturated rings. The maximum absolute atomic E-state index is 10.7. The van der Waals surface area contributed by atoms with Gasteiger partial charge in [0, 0.05) is 12.8 Å². The van der Waals surface area contributed by atoms with E-state index in [0.29, 0.717) is 6.42 Å². The standard InChI is InChI=1S/C8H8O4/c9-6(10)8(7(11)12)4-2-1-3-5-8/h2,4-5H2,(H,9,10)(H,11,12). The first-order chi connectivity index (χ1) is 5.59. The van der Waals surface area contributed by atoms with Crippen LogP contribution in [0.3, 0.4) is 0 Å². The molecule has 0 aromatic heterocycles. The van der Waals surface area contributed by atoms with Crippen molar-refractivity contribution in [2.45, 2.75) is 19.3 Å². The van der Waals surface area contributed by atoms with Crippen molar-refractivity contribution in [2.24, 2.45) is 5.41 Å². The largest absolute Gasteiger partial charge is 0.480 e. The van der Waals surface area contributed by atoms with Crippen LogP contribution in [0.15, 0.2) is 0 Å². The molecule has 1 rings (SSSR count). The smallest absolute Gasteiger partial charge is 0.322 e. The third-order valence-corrected chi connectivity index (χ3v) is 2.01. The summed E-state index contributed by atoms with van der Waals surface area (Å²) in [6, 6.07) is 0. The van der Waals surface area contributed by atoms with Gasteiger partial charge < -0.3 is 10.2 Å². The van der Waals surface area contributed by atoms with Crippen molar-refractivity contribution in [2.75, 3.05) is 0 Å². The molecule has 0 aromatic carbocycles. The molecular formula is C8H8O4. The van der Waals surface area contributed by atoms with Crippen LogP contribution in [0.1, 0.15) is 19.3 Å². The summed E-state index contributed by atoms with van der Waals surface area (Å²) in [6.45, 7) is 0. The van der Waals surface area contributed by atoms with Crippen LogP contribution in [0.4, 0.5) is 0 Å². The van der Waals surface area contributed by atoms with Crippen LogP contribution < -0.4 is 0 Å². The molecule has 0 aliphatic heterocycles. The summed E-state index contributed by atoms with van der Waals surface area (Å²) in [5.41, 5.74) is -1.66. The number of rotatable bonds is 2. The number of aliphatic carboxylic acids is 2. The highest BCUT2D eigenvalue weighted by Gasteiger charge is 2.46. The van der Waals surface area contributed by atoms with Crippen LogP contribution in [-0.2, 0) is 9.59 Å². The molecule has 64 valence electrons. The molecule has 0 atom stereocenters. The molecule has 0 saturated carbocycles. The second-order valence-electron chi connectivity index (χ2n) is 2.72. The average Bonchev–Trinajstić information content (AvgIpc) is 2.05. The topological polar surface area (TPSA) is 74.6 Å². The second-order valence-corrected chi connectivity index (χ2v) is 2.72. The fourth-order valence-electron chi connectivity index (χ4n) is 1.12. The predicted octanol–water partition coefficient (Wildman–Crippen LogP) is 0.329. The van der Waals surface area contributed by atoms with E-state index in [1.165, 1.54) is 0 Å². The van der Waals surface area contributed by atoms with E-state index in [0.717, 1.165) is 0 Å². The molecule has 2 N–H and O–H groups in total. The highest BCUT2D eigenvalue weighted by molar-refractivity contribution is 5.98. The molecule has 0 spiro atoms. The molecule has 0 amide bonds. The van der Waals surface area contributed by atoms with Gasteiger partial charge in [-0.3, -0.25) is 9.59 Å². The Labute approximate surface area is 69.2 Å². The molecule has 1 aliphatic rings. The van der Waals surface area contributed by atoms with Gasteiger partial charge in [0.15, 0.2) is 5.41 Å². The third kappa shape index (κ3) is 1.14. The lowest BCUT2D eigenvalue weighted by Gasteiger charge is -2.23. The molecule has 0 radical (unpaired) electrons.